The standard InChI is InChI=1S/C10H13F2NO/c1-13-5-7(6-14)9-3-2-8(11)4-10(9)12/h2-4,7,13-14H,5-6H2,1H3. The molecule has 1 aromatic rings. The van der Waals surface area contributed by atoms with Gasteiger partial charge >= 0.3 is 0 Å². The summed E-state index contributed by atoms with van der Waals surface area (Å²) in [4.78, 5) is 0. The average Bonchev–Trinajstić information content (AvgIpc) is 2.15. The van der Waals surface area contributed by atoms with Crippen molar-refractivity contribution in [2.45, 2.75) is 5.92 Å². The Morgan fingerprint density at radius 1 is 1.43 bits per heavy atom. The van der Waals surface area contributed by atoms with E-state index >= 15 is 0 Å². The van der Waals surface area contributed by atoms with Gasteiger partial charge in [-0.15, -0.1) is 0 Å². The number of nitrogens with one attached hydrogen (secondary N) is 1. The Hall–Kier alpha value is -1.00. The molecule has 2 N–H and O–H groups in total. The average molecular weight is 201 g/mol. The Morgan fingerprint density at radius 2 is 2.14 bits per heavy atom. The summed E-state index contributed by atoms with van der Waals surface area (Å²) >= 11 is 0. The number of aliphatic hydroxyl groups excluding tert-OH is 1. The van der Waals surface area contributed by atoms with Gasteiger partial charge in [-0.25, -0.2) is 8.78 Å². The van der Waals surface area contributed by atoms with E-state index in [0.29, 0.717) is 12.1 Å². The first-order chi connectivity index (χ1) is 6.69. The van der Waals surface area contributed by atoms with Crippen molar-refractivity contribution in [3.63, 3.8) is 0 Å². The Labute approximate surface area is 81.6 Å². The van der Waals surface area contributed by atoms with Gasteiger partial charge in [0.25, 0.3) is 0 Å². The Balaban J connectivity index is 2.92. The quantitative estimate of drug-likeness (QED) is 0.768. The summed E-state index contributed by atoms with van der Waals surface area (Å²) in [5.74, 6) is -1.55. The van der Waals surface area contributed by atoms with Gasteiger partial charge in [-0.3, -0.25) is 0 Å². The summed E-state index contributed by atoms with van der Waals surface area (Å²) in [7, 11) is 1.71. The maximum Gasteiger partial charge on any atom is 0.129 e. The molecule has 78 valence electrons. The van der Waals surface area contributed by atoms with Gasteiger partial charge in [-0.2, -0.15) is 0 Å². The van der Waals surface area contributed by atoms with Gasteiger partial charge in [0.1, 0.15) is 11.6 Å². The third-order valence-electron chi connectivity index (χ3n) is 2.07. The highest BCUT2D eigenvalue weighted by atomic mass is 19.1. The minimum atomic E-state index is -0.612. The zero-order valence-electron chi connectivity index (χ0n) is 7.93. The number of benzene rings is 1. The van der Waals surface area contributed by atoms with E-state index in [1.807, 2.05) is 0 Å². The van der Waals surface area contributed by atoms with Crippen LogP contribution in [0.4, 0.5) is 8.78 Å². The van der Waals surface area contributed by atoms with E-state index in [1.165, 1.54) is 12.1 Å². The molecule has 0 saturated heterocycles. The van der Waals surface area contributed by atoms with Crippen LogP contribution in [0.3, 0.4) is 0 Å². The molecule has 0 spiro atoms. The predicted molar refractivity (Wildman–Crippen MR) is 50.1 cm³/mol. The van der Waals surface area contributed by atoms with Crippen LogP contribution in [0.2, 0.25) is 0 Å². The fourth-order valence-corrected chi connectivity index (χ4v) is 1.35. The van der Waals surface area contributed by atoms with Crippen LogP contribution in [0.5, 0.6) is 0 Å². The molecule has 0 fully saturated rings. The van der Waals surface area contributed by atoms with Crippen LogP contribution >= 0.6 is 0 Å². The molecule has 4 heteroatoms. The van der Waals surface area contributed by atoms with E-state index in [2.05, 4.69) is 5.32 Å². The number of aliphatic hydroxyl groups is 1. The first-order valence-corrected chi connectivity index (χ1v) is 4.39. The molecule has 0 amide bonds. The fraction of sp³-hybridized carbons (Fsp3) is 0.400. The van der Waals surface area contributed by atoms with Gasteiger partial charge in [0.05, 0.1) is 6.61 Å². The first kappa shape index (κ1) is 11.1. The highest BCUT2D eigenvalue weighted by Gasteiger charge is 2.14. The van der Waals surface area contributed by atoms with Gasteiger partial charge in [0.2, 0.25) is 0 Å². The molecule has 1 unspecified atom stereocenters. The molecule has 0 radical (unpaired) electrons. The van der Waals surface area contributed by atoms with Crippen LogP contribution in [0.1, 0.15) is 11.5 Å². The molecule has 1 rings (SSSR count). The molecular formula is C10H13F2NO. The van der Waals surface area contributed by atoms with Crippen molar-refractivity contribution in [1.82, 2.24) is 5.32 Å². The Bertz CT molecular complexity index is 304. The molecule has 0 bridgehead atoms. The van der Waals surface area contributed by atoms with Gasteiger partial charge < -0.3 is 10.4 Å². The Morgan fingerprint density at radius 3 is 2.64 bits per heavy atom. The van der Waals surface area contributed by atoms with Gasteiger partial charge in [0.15, 0.2) is 0 Å². The molecule has 0 aliphatic heterocycles. The minimum Gasteiger partial charge on any atom is -0.396 e. The van der Waals surface area contributed by atoms with Crippen LogP contribution in [0.25, 0.3) is 0 Å². The van der Waals surface area contributed by atoms with Crippen LogP contribution in [0, 0.1) is 11.6 Å². The second-order valence-corrected chi connectivity index (χ2v) is 3.10. The summed E-state index contributed by atoms with van der Waals surface area (Å²) in [6.07, 6.45) is 0. The van der Waals surface area contributed by atoms with Gasteiger partial charge in [-0.05, 0) is 18.7 Å². The third kappa shape index (κ3) is 2.49. The fourth-order valence-electron chi connectivity index (χ4n) is 1.35. The van der Waals surface area contributed by atoms with Crippen molar-refractivity contribution in [2.75, 3.05) is 20.2 Å². The zero-order valence-corrected chi connectivity index (χ0v) is 7.93. The van der Waals surface area contributed by atoms with Crippen molar-refractivity contribution < 1.29 is 13.9 Å². The summed E-state index contributed by atoms with van der Waals surface area (Å²) in [5.41, 5.74) is 0.336. The number of hydrogen-bond acceptors (Lipinski definition) is 2. The molecule has 14 heavy (non-hydrogen) atoms. The summed E-state index contributed by atoms with van der Waals surface area (Å²) in [6, 6.07) is 3.38. The number of hydrogen-bond donors (Lipinski definition) is 2. The third-order valence-corrected chi connectivity index (χ3v) is 2.07. The summed E-state index contributed by atoms with van der Waals surface area (Å²) < 4.78 is 25.8. The molecule has 0 aliphatic carbocycles. The topological polar surface area (TPSA) is 32.3 Å². The molecule has 1 atom stereocenters. The summed E-state index contributed by atoms with van der Waals surface area (Å²) in [5, 5.41) is 11.8. The minimum absolute atomic E-state index is 0.163. The molecule has 0 heterocycles. The SMILES string of the molecule is CNCC(CO)c1ccc(F)cc1F. The molecule has 0 aliphatic rings. The first-order valence-electron chi connectivity index (χ1n) is 4.39. The van der Waals surface area contributed by atoms with Crippen molar-refractivity contribution >= 4 is 0 Å². The lowest BCUT2D eigenvalue weighted by molar-refractivity contribution is 0.260. The largest absolute Gasteiger partial charge is 0.396 e. The van der Waals surface area contributed by atoms with E-state index in [4.69, 9.17) is 5.11 Å². The molecule has 0 aromatic heterocycles. The number of likely N-dealkylation sites (N-methyl/N-ethyl adjacent to an activating group) is 1. The van der Waals surface area contributed by atoms with E-state index in [-0.39, 0.29) is 12.5 Å². The zero-order chi connectivity index (χ0) is 10.6. The van der Waals surface area contributed by atoms with E-state index in [1.54, 1.807) is 7.05 Å². The second-order valence-electron chi connectivity index (χ2n) is 3.10. The lowest BCUT2D eigenvalue weighted by Gasteiger charge is -2.14. The van der Waals surface area contributed by atoms with Gasteiger partial charge in [0, 0.05) is 18.5 Å². The number of rotatable bonds is 4. The van der Waals surface area contributed by atoms with Crippen LogP contribution in [-0.2, 0) is 0 Å². The van der Waals surface area contributed by atoms with E-state index in [9.17, 15) is 8.78 Å². The molecule has 2 nitrogen and oxygen atoms in total. The van der Waals surface area contributed by atoms with Crippen molar-refractivity contribution in [3.05, 3.63) is 35.4 Å². The van der Waals surface area contributed by atoms with Crippen LogP contribution in [0.15, 0.2) is 18.2 Å². The smallest absolute Gasteiger partial charge is 0.129 e. The highest BCUT2D eigenvalue weighted by Crippen LogP contribution is 2.19. The molecule has 1 aromatic carbocycles. The molecular weight excluding hydrogens is 188 g/mol. The highest BCUT2D eigenvalue weighted by molar-refractivity contribution is 5.23. The van der Waals surface area contributed by atoms with E-state index in [0.717, 1.165) is 6.07 Å². The van der Waals surface area contributed by atoms with Crippen LogP contribution < -0.4 is 5.32 Å². The van der Waals surface area contributed by atoms with Crippen molar-refractivity contribution in [3.8, 4) is 0 Å². The number of halogens is 2. The lowest BCUT2D eigenvalue weighted by atomic mass is 9.99. The maximum atomic E-state index is 13.2. The van der Waals surface area contributed by atoms with Crippen molar-refractivity contribution in [1.29, 1.82) is 0 Å². The van der Waals surface area contributed by atoms with Gasteiger partial charge in [-0.1, -0.05) is 6.07 Å². The van der Waals surface area contributed by atoms with Crippen molar-refractivity contribution in [2.24, 2.45) is 0 Å². The predicted octanol–water partition coefficient (Wildman–Crippen LogP) is 1.26. The Kier molecular flexibility index (Phi) is 3.98. The second kappa shape index (κ2) is 5.02. The normalized spacial score (nSPS) is 12.9. The monoisotopic (exact) mass is 201 g/mol. The molecule has 0 saturated carbocycles. The van der Waals surface area contributed by atoms with E-state index < -0.39 is 11.6 Å². The maximum absolute atomic E-state index is 13.2. The lowest BCUT2D eigenvalue weighted by Crippen LogP contribution is -2.21. The van der Waals surface area contributed by atoms with Crippen LogP contribution in [-0.4, -0.2) is 25.3 Å². The summed E-state index contributed by atoms with van der Waals surface area (Å²) in [6.45, 7) is 0.294.